The lowest BCUT2D eigenvalue weighted by Crippen LogP contribution is -2.21. The van der Waals surface area contributed by atoms with Crippen LogP contribution in [0.2, 0.25) is 10.0 Å². The molecule has 5 rings (SSSR count). The highest BCUT2D eigenvalue weighted by molar-refractivity contribution is 6.37. The number of pyridine rings is 2. The monoisotopic (exact) mass is 599 g/mol. The lowest BCUT2D eigenvalue weighted by molar-refractivity contribution is -0.116. The summed E-state index contributed by atoms with van der Waals surface area (Å²) in [6.07, 6.45) is 6.52. The Morgan fingerprint density at radius 2 is 1.88 bits per heavy atom. The van der Waals surface area contributed by atoms with Gasteiger partial charge in [-0.3, -0.25) is 9.59 Å². The number of ether oxygens (including phenoxy) is 1. The van der Waals surface area contributed by atoms with Gasteiger partial charge in [0.05, 0.1) is 17.3 Å². The van der Waals surface area contributed by atoms with Gasteiger partial charge in [0, 0.05) is 52.8 Å². The molecule has 5 aromatic rings. The quantitative estimate of drug-likeness (QED) is 0.179. The minimum absolute atomic E-state index is 0.152. The second-order valence-corrected chi connectivity index (χ2v) is 10.3. The fraction of sp³-hybridized carbons (Fsp3) is 0.125. The highest BCUT2D eigenvalue weighted by Gasteiger charge is 2.16. The van der Waals surface area contributed by atoms with Crippen LogP contribution in [0.4, 0.5) is 5.82 Å². The lowest BCUT2D eigenvalue weighted by atomic mass is 10.1. The number of carbonyl (C=O) groups excluding carboxylic acids is 2. The molecule has 0 aliphatic heterocycles. The Labute approximate surface area is 253 Å². The van der Waals surface area contributed by atoms with Crippen molar-refractivity contribution in [3.63, 3.8) is 0 Å². The van der Waals surface area contributed by atoms with Crippen molar-refractivity contribution in [2.75, 3.05) is 5.32 Å². The molecule has 2 aromatic carbocycles. The molecular weight excluding hydrogens is 573 g/mol. The van der Waals surface area contributed by atoms with Crippen LogP contribution in [0.3, 0.4) is 0 Å². The Kier molecular flexibility index (Phi) is 8.85. The number of rotatable bonds is 9. The maximum Gasteiger partial charge on any atom is 0.244 e. The maximum atomic E-state index is 12.5. The predicted molar refractivity (Wildman–Crippen MR) is 166 cm³/mol. The van der Waals surface area contributed by atoms with E-state index < -0.39 is 0 Å². The smallest absolute Gasteiger partial charge is 0.244 e. The first-order valence-corrected chi connectivity index (χ1v) is 13.9. The summed E-state index contributed by atoms with van der Waals surface area (Å²) in [7, 11) is 0. The molecule has 0 spiro atoms. The Balaban J connectivity index is 1.27. The predicted octanol–water partition coefficient (Wildman–Crippen LogP) is 6.90. The second kappa shape index (κ2) is 12.9. The van der Waals surface area contributed by atoms with Gasteiger partial charge in [-0.1, -0.05) is 41.4 Å². The molecule has 0 radical (unpaired) electrons. The molecule has 42 heavy (non-hydrogen) atoms. The first-order chi connectivity index (χ1) is 20.3. The van der Waals surface area contributed by atoms with Crippen molar-refractivity contribution in [2.45, 2.75) is 27.0 Å². The van der Waals surface area contributed by atoms with E-state index >= 15 is 0 Å². The van der Waals surface area contributed by atoms with Crippen molar-refractivity contribution < 1.29 is 14.3 Å². The number of carbonyl (C=O) groups is 2. The fourth-order valence-electron chi connectivity index (χ4n) is 4.35. The third-order valence-electron chi connectivity index (χ3n) is 6.41. The van der Waals surface area contributed by atoms with Crippen LogP contribution in [0.25, 0.3) is 22.7 Å². The SMILES string of the molecule is CC(=O)Nc1ccc(/C=C/C(=O)NCc2cccn2-c2ccc(Cl)c(COc3cccc4ccc(C)nc34)c2Cl)cn1. The molecule has 2 amide bonds. The number of fused-ring (bicyclic) bond motifs is 1. The zero-order valence-corrected chi connectivity index (χ0v) is 24.4. The van der Waals surface area contributed by atoms with Gasteiger partial charge >= 0.3 is 0 Å². The van der Waals surface area contributed by atoms with Gasteiger partial charge in [-0.25, -0.2) is 9.97 Å². The number of aryl methyl sites for hydroxylation is 1. The third kappa shape index (κ3) is 6.79. The van der Waals surface area contributed by atoms with E-state index in [1.807, 2.05) is 66.2 Å². The molecule has 0 saturated heterocycles. The largest absolute Gasteiger partial charge is 0.487 e. The lowest BCUT2D eigenvalue weighted by Gasteiger charge is -2.16. The van der Waals surface area contributed by atoms with E-state index in [1.54, 1.807) is 30.5 Å². The van der Waals surface area contributed by atoms with Crippen LogP contribution in [0.15, 0.2) is 85.2 Å². The van der Waals surface area contributed by atoms with Crippen LogP contribution in [0.1, 0.15) is 29.4 Å². The van der Waals surface area contributed by atoms with Crippen molar-refractivity contribution in [1.29, 1.82) is 0 Å². The summed E-state index contributed by atoms with van der Waals surface area (Å²) in [4.78, 5) is 32.4. The number of nitrogens with zero attached hydrogens (tertiary/aromatic N) is 3. The molecule has 212 valence electrons. The van der Waals surface area contributed by atoms with Crippen LogP contribution in [0, 0.1) is 6.92 Å². The Bertz CT molecular complexity index is 1800. The first kappa shape index (κ1) is 28.9. The molecule has 0 aliphatic carbocycles. The molecule has 3 heterocycles. The first-order valence-electron chi connectivity index (χ1n) is 13.1. The van der Waals surface area contributed by atoms with Crippen LogP contribution >= 0.6 is 23.2 Å². The van der Waals surface area contributed by atoms with Crippen molar-refractivity contribution >= 4 is 57.8 Å². The summed E-state index contributed by atoms with van der Waals surface area (Å²) in [6, 6.07) is 20.6. The highest BCUT2D eigenvalue weighted by atomic mass is 35.5. The molecule has 0 bridgehead atoms. The van der Waals surface area contributed by atoms with Crippen molar-refractivity contribution in [3.8, 4) is 11.4 Å². The second-order valence-electron chi connectivity index (χ2n) is 9.51. The number of halogens is 2. The summed E-state index contributed by atoms with van der Waals surface area (Å²) in [5, 5.41) is 7.41. The van der Waals surface area contributed by atoms with Crippen LogP contribution < -0.4 is 15.4 Å². The number of para-hydroxylation sites is 1. The Morgan fingerprint density at radius 3 is 2.67 bits per heavy atom. The van der Waals surface area contributed by atoms with E-state index in [0.717, 1.165) is 27.9 Å². The van der Waals surface area contributed by atoms with Crippen LogP contribution in [0.5, 0.6) is 5.75 Å². The van der Waals surface area contributed by atoms with Crippen molar-refractivity contribution in [1.82, 2.24) is 19.9 Å². The van der Waals surface area contributed by atoms with Crippen molar-refractivity contribution in [3.05, 3.63) is 118 Å². The van der Waals surface area contributed by atoms with Gasteiger partial charge < -0.3 is 19.9 Å². The van der Waals surface area contributed by atoms with Gasteiger partial charge in [0.25, 0.3) is 0 Å². The molecule has 10 heteroatoms. The molecule has 0 unspecified atom stereocenters. The van der Waals surface area contributed by atoms with Gasteiger partial charge in [0.1, 0.15) is 23.7 Å². The van der Waals surface area contributed by atoms with Crippen LogP contribution in [-0.4, -0.2) is 26.3 Å². The molecular formula is C32H27Cl2N5O3. The standard InChI is InChI=1S/C32H27Cl2N5O3/c1-20-8-11-23-5-3-7-28(32(23)37-20)42-19-25-26(33)12-13-27(31(25)34)39-16-4-6-24(39)18-36-30(41)15-10-22-9-14-29(35-17-22)38-21(2)40/h3-17H,18-19H2,1-2H3,(H,36,41)(H,35,38,40)/b15-10+. The van der Waals surface area contributed by atoms with Gasteiger partial charge in [-0.05, 0) is 67.1 Å². The van der Waals surface area contributed by atoms with Gasteiger partial charge in [0.15, 0.2) is 0 Å². The normalized spacial score (nSPS) is 11.1. The average Bonchev–Trinajstić information content (AvgIpc) is 3.44. The van der Waals surface area contributed by atoms with Gasteiger partial charge in [-0.2, -0.15) is 0 Å². The van der Waals surface area contributed by atoms with E-state index in [-0.39, 0.29) is 25.0 Å². The minimum Gasteiger partial charge on any atom is -0.487 e. The Hall–Kier alpha value is -4.66. The Morgan fingerprint density at radius 1 is 1.02 bits per heavy atom. The number of amides is 2. The van der Waals surface area contributed by atoms with Gasteiger partial charge in [0.2, 0.25) is 11.8 Å². The van der Waals surface area contributed by atoms with E-state index in [0.29, 0.717) is 32.9 Å². The molecule has 2 N–H and O–H groups in total. The minimum atomic E-state index is -0.274. The fourth-order valence-corrected chi connectivity index (χ4v) is 4.92. The molecule has 0 fully saturated rings. The zero-order valence-electron chi connectivity index (χ0n) is 22.9. The number of nitrogens with one attached hydrogen (secondary N) is 2. The molecule has 3 aromatic heterocycles. The van der Waals surface area contributed by atoms with Gasteiger partial charge in [-0.15, -0.1) is 0 Å². The highest BCUT2D eigenvalue weighted by Crippen LogP contribution is 2.33. The zero-order chi connectivity index (χ0) is 29.6. The van der Waals surface area contributed by atoms with Crippen molar-refractivity contribution in [2.24, 2.45) is 0 Å². The molecule has 0 atom stereocenters. The maximum absolute atomic E-state index is 12.5. The molecule has 0 saturated carbocycles. The summed E-state index contributed by atoms with van der Waals surface area (Å²) >= 11 is 13.4. The summed E-state index contributed by atoms with van der Waals surface area (Å²) in [6.45, 7) is 3.77. The summed E-state index contributed by atoms with van der Waals surface area (Å²) in [5.74, 6) is 0.614. The van der Waals surface area contributed by atoms with Crippen LogP contribution in [-0.2, 0) is 22.7 Å². The topological polar surface area (TPSA) is 98.1 Å². The average molecular weight is 601 g/mol. The number of anilines is 1. The molecule has 8 nitrogen and oxygen atoms in total. The summed E-state index contributed by atoms with van der Waals surface area (Å²) < 4.78 is 8.06. The van der Waals surface area contributed by atoms with E-state index in [4.69, 9.17) is 27.9 Å². The third-order valence-corrected chi connectivity index (χ3v) is 7.19. The number of benzene rings is 2. The number of aromatic nitrogens is 3. The van der Waals surface area contributed by atoms with E-state index in [9.17, 15) is 9.59 Å². The van der Waals surface area contributed by atoms with E-state index in [2.05, 4.69) is 20.6 Å². The molecule has 0 aliphatic rings. The number of hydrogen-bond donors (Lipinski definition) is 2. The number of hydrogen-bond acceptors (Lipinski definition) is 5. The van der Waals surface area contributed by atoms with E-state index in [1.165, 1.54) is 13.0 Å². The summed E-state index contributed by atoms with van der Waals surface area (Å²) in [5.41, 5.74) is 4.57.